The van der Waals surface area contributed by atoms with Crippen LogP contribution in [0.3, 0.4) is 0 Å². The van der Waals surface area contributed by atoms with Crippen LogP contribution in [-0.4, -0.2) is 34.9 Å². The van der Waals surface area contributed by atoms with E-state index in [1.807, 2.05) is 6.92 Å². The van der Waals surface area contributed by atoms with Crippen LogP contribution in [0.1, 0.15) is 13.8 Å². The van der Waals surface area contributed by atoms with E-state index in [1.165, 1.54) is 0 Å². The van der Waals surface area contributed by atoms with Crippen LogP contribution >= 0.6 is 0 Å². The summed E-state index contributed by atoms with van der Waals surface area (Å²) in [5.74, 6) is -0.440. The van der Waals surface area contributed by atoms with Crippen molar-refractivity contribution < 1.29 is 15.0 Å². The van der Waals surface area contributed by atoms with Crippen molar-refractivity contribution in [1.82, 2.24) is 5.32 Å². The quantitative estimate of drug-likeness (QED) is 0.485. The zero-order valence-corrected chi connectivity index (χ0v) is 7.32. The van der Waals surface area contributed by atoms with Gasteiger partial charge in [0.05, 0.1) is 12.0 Å². The van der Waals surface area contributed by atoms with Crippen molar-refractivity contribution in [2.45, 2.75) is 26.0 Å². The molecule has 0 bridgehead atoms. The summed E-state index contributed by atoms with van der Waals surface area (Å²) in [6.45, 7) is 3.48. The maximum Gasteiger partial charge on any atom is 0.228 e. The lowest BCUT2D eigenvalue weighted by Gasteiger charge is -2.41. The Kier molecular flexibility index (Phi) is 2.69. The predicted molar refractivity (Wildman–Crippen MR) is 43.4 cm³/mol. The Morgan fingerprint density at radius 2 is 2.17 bits per heavy atom. The molecular formula is C8H15NO3. The molecule has 4 heteroatoms. The monoisotopic (exact) mass is 173 g/mol. The predicted octanol–water partition coefficient (Wildman–Crippen LogP) is -0.890. The Hall–Kier alpha value is -0.610. The smallest absolute Gasteiger partial charge is 0.228 e. The number of aliphatic hydroxyl groups excluding tert-OH is 2. The minimum atomic E-state index is -0.627. The van der Waals surface area contributed by atoms with Crippen molar-refractivity contribution in [3.63, 3.8) is 0 Å². The molecule has 1 amide bonds. The highest BCUT2D eigenvalue weighted by molar-refractivity contribution is 5.86. The fraction of sp³-hybridized carbons (Fsp3) is 0.875. The van der Waals surface area contributed by atoms with Crippen LogP contribution in [0.15, 0.2) is 0 Å². The summed E-state index contributed by atoms with van der Waals surface area (Å²) in [5, 5.41) is 20.7. The van der Waals surface area contributed by atoms with Gasteiger partial charge in [-0.25, -0.2) is 0 Å². The first kappa shape index (κ1) is 9.48. The second kappa shape index (κ2) is 3.41. The molecule has 0 aromatic heterocycles. The molecule has 0 radical (unpaired) electrons. The largest absolute Gasteiger partial charge is 0.396 e. The third kappa shape index (κ3) is 1.44. The first-order valence-corrected chi connectivity index (χ1v) is 4.17. The van der Waals surface area contributed by atoms with Gasteiger partial charge in [-0.1, -0.05) is 6.92 Å². The molecule has 12 heavy (non-hydrogen) atoms. The van der Waals surface area contributed by atoms with Crippen LogP contribution in [0.25, 0.3) is 0 Å². The van der Waals surface area contributed by atoms with Gasteiger partial charge in [-0.05, 0) is 6.92 Å². The number of nitrogens with one attached hydrogen (secondary N) is 1. The van der Waals surface area contributed by atoms with Crippen molar-refractivity contribution >= 4 is 5.91 Å². The summed E-state index contributed by atoms with van der Waals surface area (Å²) in [7, 11) is 0. The molecule has 3 N–H and O–H groups in total. The Balaban J connectivity index is 2.53. The van der Waals surface area contributed by atoms with Gasteiger partial charge < -0.3 is 15.5 Å². The standard InChI is InChI=1S/C8H15NO3/c1-4(3-10)7-6(5(2)11)8(12)9-7/h4-7,10-11H,3H2,1-2H3,(H,9,12). The van der Waals surface area contributed by atoms with Crippen molar-refractivity contribution in [3.05, 3.63) is 0 Å². The Morgan fingerprint density at radius 1 is 1.58 bits per heavy atom. The summed E-state index contributed by atoms with van der Waals surface area (Å²) >= 11 is 0. The van der Waals surface area contributed by atoms with E-state index in [4.69, 9.17) is 5.11 Å². The molecule has 4 unspecified atom stereocenters. The molecule has 4 atom stereocenters. The molecule has 0 spiro atoms. The number of rotatable bonds is 3. The normalized spacial score (nSPS) is 33.5. The van der Waals surface area contributed by atoms with Gasteiger partial charge >= 0.3 is 0 Å². The lowest BCUT2D eigenvalue weighted by molar-refractivity contribution is -0.143. The average molecular weight is 173 g/mol. The summed E-state index contributed by atoms with van der Waals surface area (Å²) < 4.78 is 0. The molecule has 0 aromatic rings. The Bertz CT molecular complexity index is 181. The van der Waals surface area contributed by atoms with Gasteiger partial charge in [0.15, 0.2) is 0 Å². The molecule has 1 aliphatic rings. The zero-order valence-electron chi connectivity index (χ0n) is 7.32. The third-order valence-electron chi connectivity index (χ3n) is 2.42. The fourth-order valence-electron chi connectivity index (χ4n) is 1.55. The third-order valence-corrected chi connectivity index (χ3v) is 2.42. The van der Waals surface area contributed by atoms with Crippen molar-refractivity contribution in [3.8, 4) is 0 Å². The van der Waals surface area contributed by atoms with Crippen LogP contribution < -0.4 is 5.32 Å². The summed E-state index contributed by atoms with van der Waals surface area (Å²) in [6.07, 6.45) is -0.627. The first-order chi connectivity index (χ1) is 5.57. The second-order valence-electron chi connectivity index (χ2n) is 3.46. The van der Waals surface area contributed by atoms with E-state index < -0.39 is 6.10 Å². The number of hydrogen-bond acceptors (Lipinski definition) is 3. The van der Waals surface area contributed by atoms with Crippen LogP contribution in [0.5, 0.6) is 0 Å². The fourth-order valence-corrected chi connectivity index (χ4v) is 1.55. The Morgan fingerprint density at radius 3 is 2.50 bits per heavy atom. The number of carbonyl (C=O) groups excluding carboxylic acids is 1. The van der Waals surface area contributed by atoms with Gasteiger partial charge in [0.1, 0.15) is 0 Å². The van der Waals surface area contributed by atoms with Gasteiger partial charge in [-0.15, -0.1) is 0 Å². The molecular weight excluding hydrogens is 158 g/mol. The zero-order chi connectivity index (χ0) is 9.30. The van der Waals surface area contributed by atoms with Crippen LogP contribution in [0, 0.1) is 11.8 Å². The minimum absolute atomic E-state index is 0.0160. The van der Waals surface area contributed by atoms with Gasteiger partial charge in [-0.3, -0.25) is 4.79 Å². The van der Waals surface area contributed by atoms with Crippen molar-refractivity contribution in [2.75, 3.05) is 6.61 Å². The van der Waals surface area contributed by atoms with Gasteiger partial charge in [0.25, 0.3) is 0 Å². The van der Waals surface area contributed by atoms with Crippen molar-refractivity contribution in [1.29, 1.82) is 0 Å². The topological polar surface area (TPSA) is 69.6 Å². The summed E-state index contributed by atoms with van der Waals surface area (Å²) in [5.41, 5.74) is 0. The highest BCUT2D eigenvalue weighted by Gasteiger charge is 2.44. The number of aliphatic hydroxyl groups is 2. The molecule has 70 valence electrons. The van der Waals surface area contributed by atoms with E-state index in [1.54, 1.807) is 6.92 Å². The summed E-state index contributed by atoms with van der Waals surface area (Å²) in [6, 6.07) is -0.0671. The molecule has 0 saturated carbocycles. The van der Waals surface area contributed by atoms with E-state index in [0.29, 0.717) is 0 Å². The van der Waals surface area contributed by atoms with Gasteiger partial charge in [0, 0.05) is 18.6 Å². The number of β-lactam (4-membered cyclic amide) rings is 1. The lowest BCUT2D eigenvalue weighted by Crippen LogP contribution is -2.64. The molecule has 4 nitrogen and oxygen atoms in total. The Labute approximate surface area is 71.6 Å². The van der Waals surface area contributed by atoms with Crippen LogP contribution in [0.2, 0.25) is 0 Å². The molecule has 1 heterocycles. The molecule has 1 aliphatic heterocycles. The number of amides is 1. The van der Waals surface area contributed by atoms with E-state index in [0.717, 1.165) is 0 Å². The molecule has 0 aliphatic carbocycles. The van der Waals surface area contributed by atoms with E-state index in [9.17, 15) is 9.90 Å². The van der Waals surface area contributed by atoms with E-state index in [-0.39, 0.29) is 30.4 Å². The number of carbonyl (C=O) groups is 1. The van der Waals surface area contributed by atoms with Gasteiger partial charge in [-0.2, -0.15) is 0 Å². The first-order valence-electron chi connectivity index (χ1n) is 4.17. The maximum absolute atomic E-state index is 11.0. The minimum Gasteiger partial charge on any atom is -0.396 e. The lowest BCUT2D eigenvalue weighted by atomic mass is 9.79. The van der Waals surface area contributed by atoms with Crippen LogP contribution in [-0.2, 0) is 4.79 Å². The van der Waals surface area contributed by atoms with Crippen LogP contribution in [0.4, 0.5) is 0 Å². The highest BCUT2D eigenvalue weighted by atomic mass is 16.3. The van der Waals surface area contributed by atoms with Crippen molar-refractivity contribution in [2.24, 2.45) is 11.8 Å². The summed E-state index contributed by atoms with van der Waals surface area (Å²) in [4.78, 5) is 11.0. The molecule has 1 rings (SSSR count). The van der Waals surface area contributed by atoms with Gasteiger partial charge in [0.2, 0.25) is 5.91 Å². The molecule has 1 saturated heterocycles. The van der Waals surface area contributed by atoms with E-state index >= 15 is 0 Å². The highest BCUT2D eigenvalue weighted by Crippen LogP contribution is 2.24. The SMILES string of the molecule is CC(O)C1C(=O)NC1C(C)CO. The maximum atomic E-state index is 11.0. The average Bonchev–Trinajstić information content (AvgIpc) is 1.97. The molecule has 0 aromatic carbocycles. The van der Waals surface area contributed by atoms with E-state index in [2.05, 4.69) is 5.32 Å². The molecule has 1 fully saturated rings. The second-order valence-corrected chi connectivity index (χ2v) is 3.46. The number of hydrogen-bond donors (Lipinski definition) is 3.